The molecule has 0 heterocycles. The molecule has 3 rings (SSSR count). The van der Waals surface area contributed by atoms with Gasteiger partial charge < -0.3 is 5.73 Å². The molecule has 0 bridgehead atoms. The standard InChI is InChI=1S/C19H21NO.ClH/c20-18-13-11-15-8-4-5-9-16(15)17(19(18)21)12-10-14-6-2-1-3-7-14;/h1-9,17-18H,10-13,20H2;1H/t17-,18+;/m1./s1. The Kier molecular flexibility index (Phi) is 5.76. The molecule has 2 aromatic rings. The Morgan fingerprint density at radius 1 is 1.00 bits per heavy atom. The third-order valence-electron chi connectivity index (χ3n) is 4.43. The number of carbonyl (C=O) groups is 1. The molecular weight excluding hydrogens is 294 g/mol. The maximum atomic E-state index is 12.6. The summed E-state index contributed by atoms with van der Waals surface area (Å²) in [4.78, 5) is 12.6. The van der Waals surface area contributed by atoms with Crippen LogP contribution in [-0.2, 0) is 17.6 Å². The van der Waals surface area contributed by atoms with E-state index in [0.29, 0.717) is 0 Å². The van der Waals surface area contributed by atoms with Crippen molar-refractivity contribution in [2.75, 3.05) is 0 Å². The van der Waals surface area contributed by atoms with Crippen LogP contribution in [0.15, 0.2) is 54.6 Å². The van der Waals surface area contributed by atoms with E-state index in [1.807, 2.05) is 24.3 Å². The molecule has 0 saturated heterocycles. The number of benzene rings is 2. The highest BCUT2D eigenvalue weighted by Crippen LogP contribution is 2.31. The van der Waals surface area contributed by atoms with Gasteiger partial charge in [0.15, 0.2) is 5.78 Å². The Labute approximate surface area is 138 Å². The summed E-state index contributed by atoms with van der Waals surface area (Å²) in [7, 11) is 0. The third-order valence-corrected chi connectivity index (χ3v) is 4.43. The number of halogens is 1. The lowest BCUT2D eigenvalue weighted by atomic mass is 9.86. The zero-order valence-electron chi connectivity index (χ0n) is 12.6. The summed E-state index contributed by atoms with van der Waals surface area (Å²) in [5, 5.41) is 0. The fourth-order valence-corrected chi connectivity index (χ4v) is 3.22. The fourth-order valence-electron chi connectivity index (χ4n) is 3.22. The lowest BCUT2D eigenvalue weighted by Crippen LogP contribution is -2.33. The first-order valence-corrected chi connectivity index (χ1v) is 7.67. The third kappa shape index (κ3) is 3.57. The van der Waals surface area contributed by atoms with Gasteiger partial charge >= 0.3 is 0 Å². The minimum atomic E-state index is -0.321. The predicted octanol–water partition coefficient (Wildman–Crippen LogP) is 3.67. The minimum absolute atomic E-state index is 0. The average Bonchev–Trinajstić information content (AvgIpc) is 2.65. The Morgan fingerprint density at radius 3 is 2.45 bits per heavy atom. The fraction of sp³-hybridized carbons (Fsp3) is 0.316. The molecular formula is C19H22ClNO. The Bertz CT molecular complexity index is 626. The molecule has 1 aliphatic carbocycles. The van der Waals surface area contributed by atoms with Crippen molar-refractivity contribution >= 4 is 18.2 Å². The zero-order valence-corrected chi connectivity index (χ0v) is 13.4. The SMILES string of the molecule is Cl.N[C@H]1CCc2ccccc2[C@@H](CCc2ccccc2)C1=O. The van der Waals surface area contributed by atoms with Crippen molar-refractivity contribution in [3.63, 3.8) is 0 Å². The van der Waals surface area contributed by atoms with Crippen molar-refractivity contribution in [1.29, 1.82) is 0 Å². The molecule has 1 aliphatic rings. The number of ketones is 1. The van der Waals surface area contributed by atoms with E-state index in [9.17, 15) is 4.79 Å². The van der Waals surface area contributed by atoms with Gasteiger partial charge in [-0.1, -0.05) is 54.6 Å². The second-order valence-electron chi connectivity index (χ2n) is 5.82. The van der Waals surface area contributed by atoms with E-state index in [0.717, 1.165) is 25.7 Å². The second-order valence-corrected chi connectivity index (χ2v) is 5.82. The number of fused-ring (bicyclic) bond motifs is 1. The van der Waals surface area contributed by atoms with Crippen LogP contribution in [0.5, 0.6) is 0 Å². The van der Waals surface area contributed by atoms with Gasteiger partial charge in [0.25, 0.3) is 0 Å². The van der Waals surface area contributed by atoms with Gasteiger partial charge in [0.1, 0.15) is 0 Å². The van der Waals surface area contributed by atoms with E-state index in [2.05, 4.69) is 30.3 Å². The van der Waals surface area contributed by atoms with Gasteiger partial charge in [-0.2, -0.15) is 0 Å². The molecule has 0 amide bonds. The molecule has 0 aliphatic heterocycles. The molecule has 0 unspecified atom stereocenters. The largest absolute Gasteiger partial charge is 0.321 e. The number of nitrogens with two attached hydrogens (primary N) is 1. The summed E-state index contributed by atoms with van der Waals surface area (Å²) in [6, 6.07) is 18.3. The van der Waals surface area contributed by atoms with Crippen molar-refractivity contribution in [2.45, 2.75) is 37.6 Å². The van der Waals surface area contributed by atoms with Crippen molar-refractivity contribution < 1.29 is 4.79 Å². The van der Waals surface area contributed by atoms with E-state index < -0.39 is 0 Å². The van der Waals surface area contributed by atoms with Crippen LogP contribution in [0.25, 0.3) is 0 Å². The quantitative estimate of drug-likeness (QED) is 0.878. The second kappa shape index (κ2) is 7.57. The van der Waals surface area contributed by atoms with E-state index in [1.165, 1.54) is 16.7 Å². The van der Waals surface area contributed by atoms with Gasteiger partial charge in [-0.25, -0.2) is 0 Å². The van der Waals surface area contributed by atoms with E-state index >= 15 is 0 Å². The molecule has 3 heteroatoms. The summed E-state index contributed by atoms with van der Waals surface area (Å²) in [6.07, 6.45) is 3.43. The molecule has 116 valence electrons. The Morgan fingerprint density at radius 2 is 1.68 bits per heavy atom. The lowest BCUT2D eigenvalue weighted by molar-refractivity contribution is -0.121. The number of rotatable bonds is 3. The van der Waals surface area contributed by atoms with Crippen LogP contribution in [0.3, 0.4) is 0 Å². The van der Waals surface area contributed by atoms with Crippen LogP contribution in [0, 0.1) is 0 Å². The Hall–Kier alpha value is -1.64. The number of hydrogen-bond donors (Lipinski definition) is 1. The van der Waals surface area contributed by atoms with E-state index in [4.69, 9.17) is 5.73 Å². The Balaban J connectivity index is 0.00000176. The number of carbonyl (C=O) groups excluding carboxylic acids is 1. The van der Waals surface area contributed by atoms with Crippen LogP contribution < -0.4 is 5.73 Å². The van der Waals surface area contributed by atoms with Crippen molar-refractivity contribution in [3.8, 4) is 0 Å². The van der Waals surface area contributed by atoms with Crippen LogP contribution in [0.1, 0.15) is 35.4 Å². The van der Waals surface area contributed by atoms with Gasteiger partial charge in [-0.3, -0.25) is 4.79 Å². The van der Waals surface area contributed by atoms with Gasteiger partial charge in [0.2, 0.25) is 0 Å². The number of aryl methyl sites for hydroxylation is 2. The zero-order chi connectivity index (χ0) is 14.7. The van der Waals surface area contributed by atoms with Crippen LogP contribution >= 0.6 is 12.4 Å². The maximum Gasteiger partial charge on any atom is 0.156 e. The average molecular weight is 316 g/mol. The number of hydrogen-bond acceptors (Lipinski definition) is 2. The molecule has 2 atom stereocenters. The van der Waals surface area contributed by atoms with E-state index in [-0.39, 0.29) is 30.2 Å². The molecule has 22 heavy (non-hydrogen) atoms. The molecule has 2 aromatic carbocycles. The molecule has 0 fully saturated rings. The van der Waals surface area contributed by atoms with Crippen LogP contribution in [-0.4, -0.2) is 11.8 Å². The van der Waals surface area contributed by atoms with Gasteiger partial charge in [-0.05, 0) is 42.4 Å². The molecule has 0 spiro atoms. The monoisotopic (exact) mass is 315 g/mol. The van der Waals surface area contributed by atoms with E-state index in [1.54, 1.807) is 0 Å². The van der Waals surface area contributed by atoms with Crippen LogP contribution in [0.2, 0.25) is 0 Å². The first-order chi connectivity index (χ1) is 10.3. The van der Waals surface area contributed by atoms with Crippen LogP contribution in [0.4, 0.5) is 0 Å². The topological polar surface area (TPSA) is 43.1 Å². The van der Waals surface area contributed by atoms with Gasteiger partial charge in [0.05, 0.1) is 6.04 Å². The molecule has 0 saturated carbocycles. The molecule has 2 nitrogen and oxygen atoms in total. The molecule has 0 aromatic heterocycles. The van der Waals surface area contributed by atoms with Crippen molar-refractivity contribution in [2.24, 2.45) is 5.73 Å². The van der Waals surface area contributed by atoms with Crippen molar-refractivity contribution in [1.82, 2.24) is 0 Å². The summed E-state index contributed by atoms with van der Waals surface area (Å²) in [6.45, 7) is 0. The lowest BCUT2D eigenvalue weighted by Gasteiger charge is -2.18. The summed E-state index contributed by atoms with van der Waals surface area (Å²) < 4.78 is 0. The van der Waals surface area contributed by atoms with Gasteiger partial charge in [-0.15, -0.1) is 12.4 Å². The summed E-state index contributed by atoms with van der Waals surface area (Å²) in [5.41, 5.74) is 9.82. The summed E-state index contributed by atoms with van der Waals surface area (Å²) in [5.74, 6) is 0.148. The summed E-state index contributed by atoms with van der Waals surface area (Å²) >= 11 is 0. The minimum Gasteiger partial charge on any atom is -0.321 e. The maximum absolute atomic E-state index is 12.6. The first kappa shape index (κ1) is 16.7. The highest BCUT2D eigenvalue weighted by molar-refractivity contribution is 5.91. The highest BCUT2D eigenvalue weighted by atomic mass is 35.5. The first-order valence-electron chi connectivity index (χ1n) is 7.67. The smallest absolute Gasteiger partial charge is 0.156 e. The number of Topliss-reactive ketones (excluding diaryl/α,β-unsaturated/α-hetero) is 1. The normalized spacial score (nSPS) is 20.7. The predicted molar refractivity (Wildman–Crippen MR) is 92.5 cm³/mol. The van der Waals surface area contributed by atoms with Crippen molar-refractivity contribution in [3.05, 3.63) is 71.3 Å². The van der Waals surface area contributed by atoms with Gasteiger partial charge in [0, 0.05) is 5.92 Å². The molecule has 0 radical (unpaired) electrons. The highest BCUT2D eigenvalue weighted by Gasteiger charge is 2.30. The molecule has 2 N–H and O–H groups in total.